The van der Waals surface area contributed by atoms with Crippen molar-refractivity contribution in [2.75, 3.05) is 0 Å². The van der Waals surface area contributed by atoms with E-state index < -0.39 is 12.7 Å². The van der Waals surface area contributed by atoms with Gasteiger partial charge in [-0.05, 0) is 25.5 Å². The predicted octanol–water partition coefficient (Wildman–Crippen LogP) is 3.82. The molecular formula is C12H12F3N. The maximum Gasteiger partial charge on any atom is 0.406 e. The molecule has 4 heteroatoms. The van der Waals surface area contributed by atoms with E-state index in [1.165, 1.54) is 4.57 Å². The van der Waals surface area contributed by atoms with Gasteiger partial charge in [-0.2, -0.15) is 13.2 Å². The molecule has 1 nitrogen and oxygen atoms in total. The number of hydrogen-bond acceptors (Lipinski definition) is 0. The van der Waals surface area contributed by atoms with E-state index in [-0.39, 0.29) is 0 Å². The van der Waals surface area contributed by atoms with Gasteiger partial charge in [0.05, 0.1) is 0 Å². The molecule has 0 atom stereocenters. The molecule has 0 aliphatic heterocycles. The molecule has 0 spiro atoms. The van der Waals surface area contributed by atoms with Crippen LogP contribution in [0.1, 0.15) is 11.3 Å². The molecule has 2 rings (SSSR count). The molecule has 0 radical (unpaired) electrons. The van der Waals surface area contributed by atoms with Crippen molar-refractivity contribution < 1.29 is 13.2 Å². The van der Waals surface area contributed by atoms with Crippen LogP contribution in [-0.2, 0) is 6.54 Å². The number of alkyl halides is 3. The van der Waals surface area contributed by atoms with E-state index in [0.29, 0.717) is 11.2 Å². The first-order valence-electron chi connectivity index (χ1n) is 5.01. The summed E-state index contributed by atoms with van der Waals surface area (Å²) in [6, 6.07) is 7.17. The Morgan fingerprint density at radius 3 is 2.38 bits per heavy atom. The maximum atomic E-state index is 12.4. The van der Waals surface area contributed by atoms with E-state index in [4.69, 9.17) is 0 Å². The third kappa shape index (κ3) is 1.79. The minimum absolute atomic E-state index is 0.648. The van der Waals surface area contributed by atoms with Crippen molar-refractivity contribution in [1.82, 2.24) is 4.57 Å². The van der Waals surface area contributed by atoms with Gasteiger partial charge in [-0.1, -0.05) is 18.2 Å². The van der Waals surface area contributed by atoms with Crippen molar-refractivity contribution in [3.63, 3.8) is 0 Å². The summed E-state index contributed by atoms with van der Waals surface area (Å²) in [5.74, 6) is 0. The Labute approximate surface area is 91.5 Å². The smallest absolute Gasteiger partial charge is 0.335 e. The second-order valence-corrected chi connectivity index (χ2v) is 3.93. The Kier molecular flexibility index (Phi) is 2.45. The third-order valence-corrected chi connectivity index (χ3v) is 2.88. The summed E-state index contributed by atoms with van der Waals surface area (Å²) in [7, 11) is 0. The number of fused-ring (bicyclic) bond motifs is 1. The van der Waals surface area contributed by atoms with Gasteiger partial charge in [-0.25, -0.2) is 0 Å². The van der Waals surface area contributed by atoms with E-state index >= 15 is 0 Å². The third-order valence-electron chi connectivity index (χ3n) is 2.88. The van der Waals surface area contributed by atoms with Crippen LogP contribution in [0.5, 0.6) is 0 Å². The Bertz CT molecular complexity index is 523. The largest absolute Gasteiger partial charge is 0.406 e. The number of rotatable bonds is 1. The van der Waals surface area contributed by atoms with Crippen LogP contribution in [0.3, 0.4) is 0 Å². The van der Waals surface area contributed by atoms with Crippen LogP contribution in [0.15, 0.2) is 24.3 Å². The Balaban J connectivity index is 2.64. The zero-order chi connectivity index (χ0) is 11.9. The van der Waals surface area contributed by atoms with Crippen molar-refractivity contribution in [3.8, 4) is 0 Å². The molecule has 1 aromatic carbocycles. The molecular weight excluding hydrogens is 215 g/mol. The van der Waals surface area contributed by atoms with Crippen LogP contribution in [0.2, 0.25) is 0 Å². The molecule has 0 saturated carbocycles. The van der Waals surface area contributed by atoms with Crippen molar-refractivity contribution in [2.45, 2.75) is 26.6 Å². The van der Waals surface area contributed by atoms with Gasteiger partial charge in [0, 0.05) is 16.6 Å². The van der Waals surface area contributed by atoms with E-state index in [0.717, 1.165) is 10.9 Å². The number of para-hydroxylation sites is 1. The summed E-state index contributed by atoms with van der Waals surface area (Å²) in [5, 5.41) is 0.893. The van der Waals surface area contributed by atoms with Gasteiger partial charge < -0.3 is 4.57 Å². The summed E-state index contributed by atoms with van der Waals surface area (Å²) < 4.78 is 38.6. The molecule has 1 aromatic heterocycles. The van der Waals surface area contributed by atoms with Gasteiger partial charge in [0.2, 0.25) is 0 Å². The number of aromatic nitrogens is 1. The molecule has 86 valence electrons. The second-order valence-electron chi connectivity index (χ2n) is 3.93. The fourth-order valence-electron chi connectivity index (χ4n) is 1.99. The molecule has 0 aliphatic carbocycles. The predicted molar refractivity (Wildman–Crippen MR) is 57.5 cm³/mol. The fourth-order valence-corrected chi connectivity index (χ4v) is 1.99. The van der Waals surface area contributed by atoms with E-state index in [9.17, 15) is 13.2 Å². The van der Waals surface area contributed by atoms with Crippen LogP contribution in [0.25, 0.3) is 10.9 Å². The minimum atomic E-state index is -4.18. The van der Waals surface area contributed by atoms with Crippen LogP contribution < -0.4 is 0 Å². The monoisotopic (exact) mass is 227 g/mol. The molecule has 0 N–H and O–H groups in total. The van der Waals surface area contributed by atoms with Gasteiger partial charge >= 0.3 is 6.18 Å². The fraction of sp³-hybridized carbons (Fsp3) is 0.333. The van der Waals surface area contributed by atoms with Crippen molar-refractivity contribution in [1.29, 1.82) is 0 Å². The van der Waals surface area contributed by atoms with E-state index in [2.05, 4.69) is 0 Å². The van der Waals surface area contributed by atoms with Gasteiger partial charge in [-0.3, -0.25) is 0 Å². The first-order valence-corrected chi connectivity index (χ1v) is 5.01. The summed E-state index contributed by atoms with van der Waals surface area (Å²) in [5.41, 5.74) is 2.24. The first kappa shape index (κ1) is 11.0. The number of nitrogens with zero attached hydrogens (tertiary/aromatic N) is 1. The van der Waals surface area contributed by atoms with Crippen molar-refractivity contribution in [3.05, 3.63) is 35.5 Å². The molecule has 0 amide bonds. The highest BCUT2D eigenvalue weighted by Gasteiger charge is 2.29. The van der Waals surface area contributed by atoms with Crippen molar-refractivity contribution >= 4 is 10.9 Å². The highest BCUT2D eigenvalue weighted by Crippen LogP contribution is 2.28. The summed E-state index contributed by atoms with van der Waals surface area (Å²) >= 11 is 0. The Morgan fingerprint density at radius 1 is 1.12 bits per heavy atom. The Morgan fingerprint density at radius 2 is 1.75 bits per heavy atom. The lowest BCUT2D eigenvalue weighted by atomic mass is 10.2. The van der Waals surface area contributed by atoms with E-state index in [1.54, 1.807) is 19.1 Å². The number of halogens is 3. The molecule has 0 unspecified atom stereocenters. The van der Waals surface area contributed by atoms with Crippen LogP contribution >= 0.6 is 0 Å². The second kappa shape index (κ2) is 3.54. The molecule has 16 heavy (non-hydrogen) atoms. The lowest BCUT2D eigenvalue weighted by molar-refractivity contribution is -0.140. The average Bonchev–Trinajstić information content (AvgIpc) is 2.43. The molecule has 0 bridgehead atoms. The normalized spacial score (nSPS) is 12.3. The first-order chi connectivity index (χ1) is 7.40. The quantitative estimate of drug-likeness (QED) is 0.698. The number of hydrogen-bond donors (Lipinski definition) is 0. The average molecular weight is 227 g/mol. The standard InChI is InChI=1S/C12H12F3N/c1-8-9(2)16(7-12(13,14)15)11-6-4-3-5-10(8)11/h3-6H,7H2,1-2H3. The van der Waals surface area contributed by atoms with Crippen LogP contribution in [-0.4, -0.2) is 10.7 Å². The molecule has 0 aliphatic rings. The van der Waals surface area contributed by atoms with Gasteiger partial charge in [-0.15, -0.1) is 0 Å². The molecule has 0 fully saturated rings. The topological polar surface area (TPSA) is 4.93 Å². The zero-order valence-corrected chi connectivity index (χ0v) is 9.10. The number of aryl methyl sites for hydroxylation is 1. The van der Waals surface area contributed by atoms with Gasteiger partial charge in [0.25, 0.3) is 0 Å². The maximum absolute atomic E-state index is 12.4. The van der Waals surface area contributed by atoms with Crippen molar-refractivity contribution in [2.24, 2.45) is 0 Å². The van der Waals surface area contributed by atoms with Crippen LogP contribution in [0.4, 0.5) is 13.2 Å². The SMILES string of the molecule is Cc1c(C)n(CC(F)(F)F)c2ccccc12. The summed E-state index contributed by atoms with van der Waals surface area (Å²) in [6.07, 6.45) is -4.18. The zero-order valence-electron chi connectivity index (χ0n) is 9.10. The molecule has 2 aromatic rings. The van der Waals surface area contributed by atoms with Gasteiger partial charge in [0.1, 0.15) is 6.54 Å². The van der Waals surface area contributed by atoms with Crippen LogP contribution in [0, 0.1) is 13.8 Å². The van der Waals surface area contributed by atoms with E-state index in [1.807, 2.05) is 19.1 Å². The highest BCUT2D eigenvalue weighted by molar-refractivity contribution is 5.85. The lowest BCUT2D eigenvalue weighted by Gasteiger charge is -2.11. The highest BCUT2D eigenvalue weighted by atomic mass is 19.4. The van der Waals surface area contributed by atoms with Gasteiger partial charge in [0.15, 0.2) is 0 Å². The molecule has 1 heterocycles. The minimum Gasteiger partial charge on any atom is -0.335 e. The summed E-state index contributed by atoms with van der Waals surface area (Å²) in [4.78, 5) is 0. The Hall–Kier alpha value is -1.45. The lowest BCUT2D eigenvalue weighted by Crippen LogP contribution is -2.18. The molecule has 0 saturated heterocycles. The number of benzene rings is 1. The summed E-state index contributed by atoms with van der Waals surface area (Å²) in [6.45, 7) is 2.65.